The number of amides is 2. The van der Waals surface area contributed by atoms with Crippen molar-refractivity contribution in [3.63, 3.8) is 0 Å². The first-order valence-corrected chi connectivity index (χ1v) is 7.26. The maximum Gasteiger partial charge on any atom is 0.315 e. The van der Waals surface area contributed by atoms with Gasteiger partial charge in [-0.1, -0.05) is 12.5 Å². The summed E-state index contributed by atoms with van der Waals surface area (Å²) in [5, 5.41) is 14.7. The van der Waals surface area contributed by atoms with Gasteiger partial charge in [-0.25, -0.2) is 4.79 Å². The molecule has 3 N–H and O–H groups in total. The van der Waals surface area contributed by atoms with Gasteiger partial charge in [0.1, 0.15) is 0 Å². The first-order chi connectivity index (χ1) is 10.1. The topological polar surface area (TPSA) is 91.3 Å². The van der Waals surface area contributed by atoms with Crippen LogP contribution in [0.15, 0.2) is 24.4 Å². The number of carbonyl (C=O) groups excluding carboxylic acids is 1. The molecular formula is C15H21N3O3. The van der Waals surface area contributed by atoms with Crippen LogP contribution in [0, 0.1) is 11.8 Å². The zero-order valence-corrected chi connectivity index (χ0v) is 12.1. The Morgan fingerprint density at radius 1 is 1.43 bits per heavy atom. The summed E-state index contributed by atoms with van der Waals surface area (Å²) in [5.41, 5.74) is 0.789. The highest BCUT2D eigenvalue weighted by atomic mass is 16.4. The number of hydrogen-bond donors (Lipinski definition) is 3. The van der Waals surface area contributed by atoms with Crippen molar-refractivity contribution >= 4 is 12.0 Å². The Morgan fingerprint density at radius 2 is 2.24 bits per heavy atom. The highest BCUT2D eigenvalue weighted by Crippen LogP contribution is 2.31. The maximum absolute atomic E-state index is 11.9. The minimum Gasteiger partial charge on any atom is -0.481 e. The molecule has 0 spiro atoms. The van der Waals surface area contributed by atoms with Gasteiger partial charge in [-0.3, -0.25) is 9.78 Å². The number of urea groups is 1. The van der Waals surface area contributed by atoms with Gasteiger partial charge in [0.2, 0.25) is 0 Å². The first kappa shape index (κ1) is 15.3. The van der Waals surface area contributed by atoms with Crippen molar-refractivity contribution in [2.24, 2.45) is 11.8 Å². The van der Waals surface area contributed by atoms with Gasteiger partial charge >= 0.3 is 12.0 Å². The Kier molecular flexibility index (Phi) is 5.14. The third-order valence-electron chi connectivity index (χ3n) is 3.98. The van der Waals surface area contributed by atoms with Crippen LogP contribution < -0.4 is 10.6 Å². The number of carbonyl (C=O) groups is 2. The van der Waals surface area contributed by atoms with Gasteiger partial charge in [-0.15, -0.1) is 0 Å². The minimum atomic E-state index is -0.762. The van der Waals surface area contributed by atoms with Gasteiger partial charge in [0.25, 0.3) is 0 Å². The second kappa shape index (κ2) is 7.06. The summed E-state index contributed by atoms with van der Waals surface area (Å²) < 4.78 is 0. The molecule has 1 fully saturated rings. The van der Waals surface area contributed by atoms with Crippen LogP contribution >= 0.6 is 0 Å². The third kappa shape index (κ3) is 4.18. The van der Waals surface area contributed by atoms with Crippen LogP contribution in [-0.2, 0) is 4.79 Å². The second-order valence-electron chi connectivity index (χ2n) is 5.47. The lowest BCUT2D eigenvalue weighted by Gasteiger charge is -2.18. The number of aromatic nitrogens is 1. The summed E-state index contributed by atoms with van der Waals surface area (Å²) in [6.07, 6.45) is 4.15. The molecule has 1 aromatic rings. The van der Waals surface area contributed by atoms with Gasteiger partial charge in [0.15, 0.2) is 0 Å². The number of rotatable bonds is 5. The van der Waals surface area contributed by atoms with Crippen molar-refractivity contribution in [1.29, 1.82) is 0 Å². The maximum atomic E-state index is 11.9. The molecule has 21 heavy (non-hydrogen) atoms. The SMILES string of the molecule is CC(NC(=O)NCC1CCCC1C(=O)O)c1ccccn1. The zero-order valence-electron chi connectivity index (χ0n) is 12.1. The van der Waals surface area contributed by atoms with E-state index in [2.05, 4.69) is 15.6 Å². The molecular weight excluding hydrogens is 270 g/mol. The highest BCUT2D eigenvalue weighted by molar-refractivity contribution is 5.74. The van der Waals surface area contributed by atoms with Crippen LogP contribution in [0.4, 0.5) is 4.79 Å². The fourth-order valence-electron chi connectivity index (χ4n) is 2.78. The molecule has 1 aliphatic rings. The van der Waals surface area contributed by atoms with Gasteiger partial charge < -0.3 is 15.7 Å². The van der Waals surface area contributed by atoms with Crippen molar-refractivity contribution in [2.45, 2.75) is 32.2 Å². The normalized spacial score (nSPS) is 22.5. The summed E-state index contributed by atoms with van der Waals surface area (Å²) in [7, 11) is 0. The lowest BCUT2D eigenvalue weighted by molar-refractivity contribution is -0.142. The molecule has 6 heteroatoms. The van der Waals surface area contributed by atoms with Crippen molar-refractivity contribution in [1.82, 2.24) is 15.6 Å². The molecule has 1 heterocycles. The Balaban J connectivity index is 1.78. The van der Waals surface area contributed by atoms with Gasteiger partial charge in [-0.05, 0) is 37.8 Å². The Bertz CT molecular complexity index is 492. The molecule has 0 aromatic carbocycles. The van der Waals surface area contributed by atoms with E-state index in [1.807, 2.05) is 25.1 Å². The van der Waals surface area contributed by atoms with Crippen LogP contribution in [0.25, 0.3) is 0 Å². The van der Waals surface area contributed by atoms with Gasteiger partial charge in [0.05, 0.1) is 17.7 Å². The summed E-state index contributed by atoms with van der Waals surface area (Å²) in [5.74, 6) is -1.07. The van der Waals surface area contributed by atoms with Crippen molar-refractivity contribution < 1.29 is 14.7 Å². The number of nitrogens with zero attached hydrogens (tertiary/aromatic N) is 1. The lowest BCUT2D eigenvalue weighted by atomic mass is 9.96. The quantitative estimate of drug-likeness (QED) is 0.773. The zero-order chi connectivity index (χ0) is 15.2. The van der Waals surface area contributed by atoms with E-state index in [1.165, 1.54) is 0 Å². The lowest BCUT2D eigenvalue weighted by Crippen LogP contribution is -2.40. The first-order valence-electron chi connectivity index (χ1n) is 7.26. The number of nitrogens with one attached hydrogen (secondary N) is 2. The number of pyridine rings is 1. The predicted octanol–water partition coefficient (Wildman–Crippen LogP) is 1.94. The summed E-state index contributed by atoms with van der Waals surface area (Å²) >= 11 is 0. The fourth-order valence-corrected chi connectivity index (χ4v) is 2.78. The van der Waals surface area contributed by atoms with Crippen molar-refractivity contribution in [3.8, 4) is 0 Å². The van der Waals surface area contributed by atoms with E-state index >= 15 is 0 Å². The van der Waals surface area contributed by atoms with Crippen LogP contribution in [0.2, 0.25) is 0 Å². The smallest absolute Gasteiger partial charge is 0.315 e. The molecule has 0 aliphatic heterocycles. The Hall–Kier alpha value is -2.11. The third-order valence-corrected chi connectivity index (χ3v) is 3.98. The molecule has 3 unspecified atom stereocenters. The van der Waals surface area contributed by atoms with Crippen molar-refractivity contribution in [2.75, 3.05) is 6.54 Å². The summed E-state index contributed by atoms with van der Waals surface area (Å²) in [6.45, 7) is 2.26. The Labute approximate surface area is 124 Å². The fraction of sp³-hybridized carbons (Fsp3) is 0.533. The average molecular weight is 291 g/mol. The van der Waals surface area contributed by atoms with E-state index in [0.29, 0.717) is 13.0 Å². The van der Waals surface area contributed by atoms with Crippen LogP contribution in [0.3, 0.4) is 0 Å². The largest absolute Gasteiger partial charge is 0.481 e. The van der Waals surface area contributed by atoms with E-state index in [9.17, 15) is 9.59 Å². The average Bonchev–Trinajstić information content (AvgIpc) is 2.94. The van der Waals surface area contributed by atoms with Crippen LogP contribution in [-0.4, -0.2) is 28.6 Å². The molecule has 1 saturated carbocycles. The second-order valence-corrected chi connectivity index (χ2v) is 5.47. The minimum absolute atomic E-state index is 0.0263. The molecule has 2 rings (SSSR count). The standard InChI is InChI=1S/C15H21N3O3/c1-10(13-7-2-3-8-16-13)18-15(21)17-9-11-5-4-6-12(11)14(19)20/h2-3,7-8,10-12H,4-6,9H2,1H3,(H,19,20)(H2,17,18,21). The van der Waals surface area contributed by atoms with Crippen LogP contribution in [0.1, 0.15) is 37.9 Å². The molecule has 0 saturated heterocycles. The van der Waals surface area contributed by atoms with E-state index < -0.39 is 5.97 Å². The molecule has 1 aliphatic carbocycles. The van der Waals surface area contributed by atoms with E-state index in [1.54, 1.807) is 6.20 Å². The van der Waals surface area contributed by atoms with Crippen LogP contribution in [0.5, 0.6) is 0 Å². The van der Waals surface area contributed by atoms with Gasteiger partial charge in [0, 0.05) is 12.7 Å². The van der Waals surface area contributed by atoms with Crippen molar-refractivity contribution in [3.05, 3.63) is 30.1 Å². The summed E-state index contributed by atoms with van der Waals surface area (Å²) in [4.78, 5) is 27.1. The van der Waals surface area contributed by atoms with E-state index in [0.717, 1.165) is 18.5 Å². The molecule has 0 bridgehead atoms. The molecule has 2 amide bonds. The molecule has 0 radical (unpaired) electrons. The molecule has 6 nitrogen and oxygen atoms in total. The predicted molar refractivity (Wildman–Crippen MR) is 77.7 cm³/mol. The van der Waals surface area contributed by atoms with E-state index in [-0.39, 0.29) is 23.9 Å². The number of aliphatic carboxylic acids is 1. The highest BCUT2D eigenvalue weighted by Gasteiger charge is 2.32. The number of hydrogen-bond acceptors (Lipinski definition) is 3. The molecule has 1 aromatic heterocycles. The number of carboxylic acids is 1. The summed E-state index contributed by atoms with van der Waals surface area (Å²) in [6, 6.07) is 5.06. The molecule has 114 valence electrons. The number of carboxylic acid groups (broad SMARTS) is 1. The molecule has 3 atom stereocenters. The van der Waals surface area contributed by atoms with E-state index in [4.69, 9.17) is 5.11 Å². The van der Waals surface area contributed by atoms with Gasteiger partial charge in [-0.2, -0.15) is 0 Å². The monoisotopic (exact) mass is 291 g/mol. The Morgan fingerprint density at radius 3 is 2.90 bits per heavy atom.